The van der Waals surface area contributed by atoms with Crippen LogP contribution in [-0.2, 0) is 0 Å². The van der Waals surface area contributed by atoms with Gasteiger partial charge in [0.15, 0.2) is 16.8 Å². The second-order valence-electron chi connectivity index (χ2n) is 8.87. The number of alkyl halides is 3. The molecule has 0 unspecified atom stereocenters. The number of H-pyrrole nitrogens is 1. The first-order valence-electron chi connectivity index (χ1n) is 11.6. The Kier molecular flexibility index (Phi) is 6.90. The number of anilines is 3. The summed E-state index contributed by atoms with van der Waals surface area (Å²) in [7, 11) is 0. The lowest BCUT2D eigenvalue weighted by Crippen LogP contribution is -2.49. The van der Waals surface area contributed by atoms with Gasteiger partial charge in [0.05, 0.1) is 6.54 Å². The van der Waals surface area contributed by atoms with E-state index < -0.39 is 18.5 Å². The Labute approximate surface area is 214 Å². The van der Waals surface area contributed by atoms with E-state index in [4.69, 9.17) is 0 Å². The van der Waals surface area contributed by atoms with Crippen molar-refractivity contribution in [2.45, 2.75) is 30.1 Å². The van der Waals surface area contributed by atoms with Crippen LogP contribution in [0.4, 0.5) is 35.0 Å². The second-order valence-corrected chi connectivity index (χ2v) is 9.91. The lowest BCUT2D eigenvalue weighted by atomic mass is 10.2. The average Bonchev–Trinajstić information content (AvgIpc) is 3.23. The van der Waals surface area contributed by atoms with Crippen molar-refractivity contribution in [3.05, 3.63) is 53.6 Å². The number of rotatable bonds is 6. The van der Waals surface area contributed by atoms with Crippen LogP contribution in [-0.4, -0.2) is 68.9 Å². The predicted octanol–water partition coefficient (Wildman–Crippen LogP) is 5.08. The van der Waals surface area contributed by atoms with Crippen molar-refractivity contribution in [3.63, 3.8) is 0 Å². The van der Waals surface area contributed by atoms with Gasteiger partial charge >= 0.3 is 6.18 Å². The van der Waals surface area contributed by atoms with Gasteiger partial charge in [-0.05, 0) is 43.8 Å². The summed E-state index contributed by atoms with van der Waals surface area (Å²) in [5.41, 5.74) is 1.89. The highest BCUT2D eigenvalue weighted by molar-refractivity contribution is 7.99. The van der Waals surface area contributed by atoms with Gasteiger partial charge in [0.25, 0.3) is 0 Å². The number of hydrogen-bond acceptors (Lipinski definition) is 8. The third-order valence-corrected chi connectivity index (χ3v) is 6.66. The predicted molar refractivity (Wildman–Crippen MR) is 134 cm³/mol. The van der Waals surface area contributed by atoms with Crippen LogP contribution in [0.2, 0.25) is 0 Å². The zero-order valence-corrected chi connectivity index (χ0v) is 20.9. The van der Waals surface area contributed by atoms with Crippen LogP contribution in [0.1, 0.15) is 11.4 Å². The maximum absolute atomic E-state index is 14.8. The first-order chi connectivity index (χ1) is 17.6. The van der Waals surface area contributed by atoms with Crippen LogP contribution >= 0.6 is 11.8 Å². The fourth-order valence-electron chi connectivity index (χ4n) is 4.11. The molecule has 8 nitrogen and oxygen atoms in total. The van der Waals surface area contributed by atoms with Gasteiger partial charge in [0, 0.05) is 60.0 Å². The first kappa shape index (κ1) is 25.2. The van der Waals surface area contributed by atoms with E-state index in [-0.39, 0.29) is 13.1 Å². The number of halogens is 4. The largest absolute Gasteiger partial charge is 0.401 e. The van der Waals surface area contributed by atoms with E-state index in [2.05, 4.69) is 30.5 Å². The van der Waals surface area contributed by atoms with E-state index in [0.29, 0.717) is 51.5 Å². The summed E-state index contributed by atoms with van der Waals surface area (Å²) in [5.74, 6) is 1.16. The molecule has 0 radical (unpaired) electrons. The summed E-state index contributed by atoms with van der Waals surface area (Å²) in [4.78, 5) is 17.4. The van der Waals surface area contributed by atoms with Crippen LogP contribution in [0.25, 0.3) is 10.9 Å². The number of aryl methyl sites for hydroxylation is 2. The Morgan fingerprint density at radius 3 is 2.46 bits per heavy atom. The molecular formula is C24H24F4N8S. The van der Waals surface area contributed by atoms with Crippen molar-refractivity contribution in [2.24, 2.45) is 0 Å². The van der Waals surface area contributed by atoms with E-state index in [0.717, 1.165) is 11.4 Å². The summed E-state index contributed by atoms with van der Waals surface area (Å²) < 4.78 is 53.2. The molecule has 4 heterocycles. The molecule has 0 bridgehead atoms. The molecule has 0 amide bonds. The number of benzene rings is 1. The van der Waals surface area contributed by atoms with Crippen LogP contribution in [0, 0.1) is 19.7 Å². The maximum atomic E-state index is 14.8. The molecule has 0 spiro atoms. The molecule has 1 aliphatic heterocycles. The maximum Gasteiger partial charge on any atom is 0.401 e. The Bertz CT molecular complexity index is 1420. The van der Waals surface area contributed by atoms with E-state index >= 15 is 0 Å². The summed E-state index contributed by atoms with van der Waals surface area (Å²) in [6.07, 6.45) is -4.23. The molecule has 1 fully saturated rings. The van der Waals surface area contributed by atoms with Crippen LogP contribution < -0.4 is 10.2 Å². The summed E-state index contributed by atoms with van der Waals surface area (Å²) >= 11 is 1.19. The van der Waals surface area contributed by atoms with Gasteiger partial charge in [-0.25, -0.2) is 14.4 Å². The fourth-order valence-corrected chi connectivity index (χ4v) is 4.96. The number of nitrogens with one attached hydrogen (secondary N) is 2. The molecule has 1 saturated heterocycles. The number of piperazine rings is 1. The monoisotopic (exact) mass is 532 g/mol. The molecule has 194 valence electrons. The Balaban J connectivity index is 1.42. The Hall–Kier alpha value is -3.45. The van der Waals surface area contributed by atoms with Crippen molar-refractivity contribution in [1.82, 2.24) is 30.0 Å². The Morgan fingerprint density at radius 2 is 1.76 bits per heavy atom. The minimum Gasteiger partial charge on any atom is -0.354 e. The number of nitrogens with zero attached hydrogens (tertiary/aromatic N) is 6. The van der Waals surface area contributed by atoms with E-state index in [1.54, 1.807) is 13.0 Å². The first-order valence-corrected chi connectivity index (χ1v) is 12.4. The zero-order valence-electron chi connectivity index (χ0n) is 20.1. The molecule has 13 heteroatoms. The highest BCUT2D eigenvalue weighted by Crippen LogP contribution is 2.32. The standard InChI is InChI=1S/C24H24F4N8S/c1-14-3-4-16-10-17(11-18(25)22(16)29-14)37-23-31-19(30-20-9-15(2)33-34-20)12-21(32-23)36-7-5-35(6-8-36)13-24(26,27)28/h3-4,9-12H,5-8,13H2,1-2H3,(H2,30,31,32,33,34). The van der Waals surface area contributed by atoms with Crippen LogP contribution in [0.15, 0.2) is 46.5 Å². The zero-order chi connectivity index (χ0) is 26.2. The minimum absolute atomic E-state index is 0.260. The average molecular weight is 533 g/mol. The second kappa shape index (κ2) is 10.1. The van der Waals surface area contributed by atoms with Crippen molar-refractivity contribution in [1.29, 1.82) is 0 Å². The number of aromatic nitrogens is 5. The van der Waals surface area contributed by atoms with Gasteiger partial charge in [0.2, 0.25) is 0 Å². The molecule has 0 saturated carbocycles. The summed E-state index contributed by atoms with van der Waals surface area (Å²) in [5, 5.41) is 11.2. The molecule has 1 aliphatic rings. The minimum atomic E-state index is -4.23. The van der Waals surface area contributed by atoms with Gasteiger partial charge in [-0.2, -0.15) is 18.3 Å². The van der Waals surface area contributed by atoms with E-state index in [1.807, 2.05) is 36.1 Å². The van der Waals surface area contributed by atoms with Crippen molar-refractivity contribution >= 4 is 40.1 Å². The summed E-state index contributed by atoms with van der Waals surface area (Å²) in [6.45, 7) is 4.03. The summed E-state index contributed by atoms with van der Waals surface area (Å²) in [6, 6.07) is 10.4. The van der Waals surface area contributed by atoms with Gasteiger partial charge in [0.1, 0.15) is 17.2 Å². The normalized spacial score (nSPS) is 14.9. The molecule has 0 aliphatic carbocycles. The third kappa shape index (κ3) is 6.28. The quantitative estimate of drug-likeness (QED) is 0.263. The molecular weight excluding hydrogens is 508 g/mol. The SMILES string of the molecule is Cc1ccc2cc(Sc3nc(Nc4cc(C)[nH]n4)cc(N4CCN(CC(F)(F)F)CC4)n3)cc(F)c2n1. The molecule has 5 rings (SSSR count). The number of hydrogen-bond donors (Lipinski definition) is 2. The number of pyridine rings is 1. The van der Waals surface area contributed by atoms with Gasteiger partial charge in [-0.3, -0.25) is 15.0 Å². The fraction of sp³-hybridized carbons (Fsp3) is 0.333. The molecule has 3 aromatic heterocycles. The molecule has 1 aromatic carbocycles. The molecule has 4 aromatic rings. The smallest absolute Gasteiger partial charge is 0.354 e. The Morgan fingerprint density at radius 1 is 0.973 bits per heavy atom. The van der Waals surface area contributed by atoms with Gasteiger partial charge in [-0.1, -0.05) is 6.07 Å². The van der Waals surface area contributed by atoms with Crippen molar-refractivity contribution < 1.29 is 17.6 Å². The van der Waals surface area contributed by atoms with E-state index in [1.165, 1.54) is 22.7 Å². The third-order valence-electron chi connectivity index (χ3n) is 5.82. The van der Waals surface area contributed by atoms with Crippen molar-refractivity contribution in [2.75, 3.05) is 42.9 Å². The number of fused-ring (bicyclic) bond motifs is 1. The van der Waals surface area contributed by atoms with Crippen molar-refractivity contribution in [3.8, 4) is 0 Å². The number of aromatic amines is 1. The lowest BCUT2D eigenvalue weighted by Gasteiger charge is -2.35. The van der Waals surface area contributed by atoms with Crippen LogP contribution in [0.3, 0.4) is 0 Å². The van der Waals surface area contributed by atoms with Gasteiger partial charge < -0.3 is 10.2 Å². The van der Waals surface area contributed by atoms with Crippen LogP contribution in [0.5, 0.6) is 0 Å². The molecule has 0 atom stereocenters. The van der Waals surface area contributed by atoms with Gasteiger partial charge in [-0.15, -0.1) is 0 Å². The topological polar surface area (TPSA) is 85.9 Å². The lowest BCUT2D eigenvalue weighted by molar-refractivity contribution is -0.146. The van der Waals surface area contributed by atoms with E-state index in [9.17, 15) is 17.6 Å². The molecule has 2 N–H and O–H groups in total. The molecule has 37 heavy (non-hydrogen) atoms. The highest BCUT2D eigenvalue weighted by Gasteiger charge is 2.32. The highest BCUT2D eigenvalue weighted by atomic mass is 32.2.